The predicted molar refractivity (Wildman–Crippen MR) is 115 cm³/mol. The molecule has 3 heterocycles. The molecule has 2 aliphatic rings. The van der Waals surface area contributed by atoms with E-state index in [9.17, 15) is 9.59 Å². The Bertz CT molecular complexity index is 1160. The monoisotopic (exact) mass is 415 g/mol. The summed E-state index contributed by atoms with van der Waals surface area (Å²) in [5.41, 5.74) is 4.16. The third-order valence-corrected chi connectivity index (χ3v) is 5.44. The molecule has 0 saturated heterocycles. The minimum atomic E-state index is -0.373. The standard InChI is InChI=1S/C22H21N7O2/c1-13(30)29-7-6-15-4-5-16(8-19(15)29)27-22(31)20-21(26-17-9-23-12-24-10-17)25-11-18(28-20)14-2-3-14/h4-5,8-12,14H,2-3,6-7H2,1H3,(H,25,26)(H,27,31). The number of rotatable bonds is 5. The van der Waals surface area contributed by atoms with Gasteiger partial charge in [0.05, 0.1) is 30.0 Å². The van der Waals surface area contributed by atoms with Crippen LogP contribution >= 0.6 is 0 Å². The molecular weight excluding hydrogens is 394 g/mol. The van der Waals surface area contributed by atoms with Crippen molar-refractivity contribution in [1.29, 1.82) is 0 Å². The molecule has 1 fully saturated rings. The number of aromatic nitrogens is 4. The van der Waals surface area contributed by atoms with Crippen molar-refractivity contribution in [2.45, 2.75) is 32.1 Å². The fourth-order valence-corrected chi connectivity index (χ4v) is 3.70. The summed E-state index contributed by atoms with van der Waals surface area (Å²) >= 11 is 0. The summed E-state index contributed by atoms with van der Waals surface area (Å²) in [5, 5.41) is 5.99. The number of hydrogen-bond donors (Lipinski definition) is 2. The fourth-order valence-electron chi connectivity index (χ4n) is 3.70. The van der Waals surface area contributed by atoms with E-state index in [-0.39, 0.29) is 17.5 Å². The van der Waals surface area contributed by atoms with Crippen LogP contribution in [0.25, 0.3) is 0 Å². The van der Waals surface area contributed by atoms with Gasteiger partial charge in [0.25, 0.3) is 5.91 Å². The molecule has 1 aliphatic carbocycles. The number of amides is 2. The van der Waals surface area contributed by atoms with Crippen molar-refractivity contribution in [2.75, 3.05) is 22.1 Å². The fraction of sp³-hybridized carbons (Fsp3) is 0.273. The molecule has 0 unspecified atom stereocenters. The molecule has 2 aromatic heterocycles. The summed E-state index contributed by atoms with van der Waals surface area (Å²) in [5.74, 6) is 0.309. The highest BCUT2D eigenvalue weighted by atomic mass is 16.2. The Morgan fingerprint density at radius 3 is 2.65 bits per heavy atom. The Balaban J connectivity index is 1.44. The van der Waals surface area contributed by atoms with Gasteiger partial charge in [-0.25, -0.2) is 19.9 Å². The second-order valence-corrected chi connectivity index (χ2v) is 7.74. The minimum Gasteiger partial charge on any atom is -0.336 e. The highest BCUT2D eigenvalue weighted by molar-refractivity contribution is 6.07. The molecule has 0 bridgehead atoms. The van der Waals surface area contributed by atoms with Crippen LogP contribution < -0.4 is 15.5 Å². The van der Waals surface area contributed by atoms with Crippen molar-refractivity contribution in [3.63, 3.8) is 0 Å². The smallest absolute Gasteiger partial charge is 0.278 e. The number of fused-ring (bicyclic) bond motifs is 1. The number of anilines is 4. The van der Waals surface area contributed by atoms with E-state index >= 15 is 0 Å². The van der Waals surface area contributed by atoms with E-state index in [0.717, 1.165) is 36.2 Å². The van der Waals surface area contributed by atoms with Gasteiger partial charge in [-0.2, -0.15) is 0 Å². The molecule has 9 heteroatoms. The molecule has 0 radical (unpaired) electrons. The van der Waals surface area contributed by atoms with Gasteiger partial charge in [0, 0.05) is 30.8 Å². The van der Waals surface area contributed by atoms with Crippen LogP contribution in [0.1, 0.15) is 47.4 Å². The van der Waals surface area contributed by atoms with Crippen LogP contribution in [0.15, 0.2) is 43.1 Å². The lowest BCUT2D eigenvalue weighted by Crippen LogP contribution is -2.25. The van der Waals surface area contributed by atoms with E-state index in [4.69, 9.17) is 0 Å². The molecule has 1 saturated carbocycles. The SMILES string of the molecule is CC(=O)N1CCc2ccc(NC(=O)c3nc(C4CC4)cnc3Nc3cncnc3)cc21. The third-order valence-electron chi connectivity index (χ3n) is 5.44. The summed E-state index contributed by atoms with van der Waals surface area (Å²) in [7, 11) is 0. The molecule has 5 rings (SSSR count). The van der Waals surface area contributed by atoms with Crippen LogP contribution in [0.4, 0.5) is 22.9 Å². The van der Waals surface area contributed by atoms with Crippen molar-refractivity contribution in [3.8, 4) is 0 Å². The second-order valence-electron chi connectivity index (χ2n) is 7.74. The van der Waals surface area contributed by atoms with Gasteiger partial charge in [0.1, 0.15) is 6.33 Å². The Morgan fingerprint density at radius 2 is 1.90 bits per heavy atom. The zero-order chi connectivity index (χ0) is 21.4. The number of benzene rings is 1. The molecule has 0 spiro atoms. The van der Waals surface area contributed by atoms with Gasteiger partial charge in [0.2, 0.25) is 5.91 Å². The average molecular weight is 415 g/mol. The topological polar surface area (TPSA) is 113 Å². The number of hydrogen-bond acceptors (Lipinski definition) is 7. The van der Waals surface area contributed by atoms with Gasteiger partial charge >= 0.3 is 0 Å². The van der Waals surface area contributed by atoms with Crippen molar-refractivity contribution >= 4 is 34.7 Å². The number of nitrogens with zero attached hydrogens (tertiary/aromatic N) is 5. The molecule has 3 aromatic rings. The lowest BCUT2D eigenvalue weighted by atomic mass is 10.1. The summed E-state index contributed by atoms with van der Waals surface area (Å²) < 4.78 is 0. The lowest BCUT2D eigenvalue weighted by molar-refractivity contribution is -0.116. The first-order valence-electron chi connectivity index (χ1n) is 10.2. The summed E-state index contributed by atoms with van der Waals surface area (Å²) in [6.07, 6.45) is 9.26. The third kappa shape index (κ3) is 3.94. The van der Waals surface area contributed by atoms with E-state index in [1.807, 2.05) is 18.2 Å². The van der Waals surface area contributed by atoms with Crippen molar-refractivity contribution in [1.82, 2.24) is 19.9 Å². The molecule has 1 aromatic carbocycles. The number of carbonyl (C=O) groups excluding carboxylic acids is 2. The van der Waals surface area contributed by atoms with Crippen LogP contribution in [-0.4, -0.2) is 38.3 Å². The summed E-state index contributed by atoms with van der Waals surface area (Å²) in [6, 6.07) is 5.62. The summed E-state index contributed by atoms with van der Waals surface area (Å²) in [6.45, 7) is 2.20. The van der Waals surface area contributed by atoms with E-state index in [1.54, 1.807) is 30.4 Å². The second kappa shape index (κ2) is 7.75. The van der Waals surface area contributed by atoms with Crippen LogP contribution in [0.3, 0.4) is 0 Å². The Labute approximate surface area is 179 Å². The zero-order valence-corrected chi connectivity index (χ0v) is 17.0. The molecule has 9 nitrogen and oxygen atoms in total. The molecule has 1 aliphatic heterocycles. The van der Waals surface area contributed by atoms with Gasteiger partial charge in [-0.05, 0) is 37.0 Å². The lowest BCUT2D eigenvalue weighted by Gasteiger charge is -2.16. The van der Waals surface area contributed by atoms with E-state index in [2.05, 4.69) is 30.6 Å². The first-order chi connectivity index (χ1) is 15.1. The predicted octanol–water partition coefficient (Wildman–Crippen LogP) is 3.05. The molecular formula is C22H21N7O2. The number of carbonyl (C=O) groups is 2. The first-order valence-corrected chi connectivity index (χ1v) is 10.2. The zero-order valence-electron chi connectivity index (χ0n) is 17.0. The van der Waals surface area contributed by atoms with Gasteiger partial charge < -0.3 is 15.5 Å². The maximum absolute atomic E-state index is 13.2. The normalized spacial score (nSPS) is 14.8. The molecule has 2 amide bonds. The van der Waals surface area contributed by atoms with Gasteiger partial charge in [-0.15, -0.1) is 0 Å². The van der Waals surface area contributed by atoms with Crippen LogP contribution in [0.2, 0.25) is 0 Å². The maximum atomic E-state index is 13.2. The van der Waals surface area contributed by atoms with E-state index in [0.29, 0.717) is 29.7 Å². The van der Waals surface area contributed by atoms with E-state index in [1.165, 1.54) is 6.33 Å². The average Bonchev–Trinajstić information content (AvgIpc) is 3.53. The van der Waals surface area contributed by atoms with Gasteiger partial charge in [-0.3, -0.25) is 9.59 Å². The molecule has 31 heavy (non-hydrogen) atoms. The Morgan fingerprint density at radius 1 is 1.10 bits per heavy atom. The Hall–Kier alpha value is -3.88. The van der Waals surface area contributed by atoms with Crippen molar-refractivity contribution in [3.05, 3.63) is 60.1 Å². The first kappa shape index (κ1) is 19.1. The van der Waals surface area contributed by atoms with Crippen molar-refractivity contribution in [2.24, 2.45) is 0 Å². The van der Waals surface area contributed by atoms with E-state index < -0.39 is 0 Å². The quantitative estimate of drug-likeness (QED) is 0.658. The van der Waals surface area contributed by atoms with Crippen LogP contribution in [0, 0.1) is 0 Å². The molecule has 156 valence electrons. The minimum absolute atomic E-state index is 0.0122. The molecule has 0 atom stereocenters. The van der Waals surface area contributed by atoms with Crippen LogP contribution in [-0.2, 0) is 11.2 Å². The van der Waals surface area contributed by atoms with Crippen molar-refractivity contribution < 1.29 is 9.59 Å². The highest BCUT2D eigenvalue weighted by Crippen LogP contribution is 2.39. The maximum Gasteiger partial charge on any atom is 0.278 e. The van der Waals surface area contributed by atoms with Crippen LogP contribution in [0.5, 0.6) is 0 Å². The highest BCUT2D eigenvalue weighted by Gasteiger charge is 2.28. The summed E-state index contributed by atoms with van der Waals surface area (Å²) in [4.78, 5) is 43.8. The number of nitrogens with one attached hydrogen (secondary N) is 2. The largest absolute Gasteiger partial charge is 0.336 e. The molecule has 2 N–H and O–H groups in total. The van der Waals surface area contributed by atoms with Gasteiger partial charge in [-0.1, -0.05) is 6.07 Å². The Kier molecular flexibility index (Phi) is 4.78. The van der Waals surface area contributed by atoms with Gasteiger partial charge in [0.15, 0.2) is 11.5 Å².